The molecule has 0 spiro atoms. The Kier molecular flexibility index (Phi) is 2.64. The van der Waals surface area contributed by atoms with Gasteiger partial charge in [0.1, 0.15) is 5.69 Å². The molecule has 1 aliphatic heterocycles. The summed E-state index contributed by atoms with van der Waals surface area (Å²) >= 11 is 5.92. The summed E-state index contributed by atoms with van der Waals surface area (Å²) in [5.41, 5.74) is 0.827. The minimum absolute atomic E-state index is 0.253. The molecule has 0 radical (unpaired) electrons. The first-order valence-electron chi connectivity index (χ1n) is 5.47. The molecule has 2 aromatic heterocycles. The third kappa shape index (κ3) is 1.96. The number of halogens is 1. The molecule has 0 bridgehead atoms. The van der Waals surface area contributed by atoms with Crippen LogP contribution in [0.4, 0.5) is 0 Å². The number of hydrogen-bond acceptors (Lipinski definition) is 4. The maximum atomic E-state index is 5.92. The normalized spacial score (nSPS) is 20.0. The van der Waals surface area contributed by atoms with Gasteiger partial charge in [-0.25, -0.2) is 0 Å². The maximum absolute atomic E-state index is 5.92. The van der Waals surface area contributed by atoms with Crippen LogP contribution in [-0.2, 0) is 11.8 Å². The van der Waals surface area contributed by atoms with Gasteiger partial charge in [-0.3, -0.25) is 0 Å². The van der Waals surface area contributed by atoms with Crippen molar-refractivity contribution in [3.8, 4) is 11.6 Å². The van der Waals surface area contributed by atoms with E-state index >= 15 is 0 Å². The molecule has 1 saturated heterocycles. The van der Waals surface area contributed by atoms with Crippen molar-refractivity contribution in [2.75, 3.05) is 13.2 Å². The molecule has 0 saturated carbocycles. The summed E-state index contributed by atoms with van der Waals surface area (Å²) < 4.78 is 12.4. The molecule has 5 nitrogen and oxygen atoms in total. The Labute approximate surface area is 103 Å². The van der Waals surface area contributed by atoms with E-state index in [1.807, 2.05) is 17.7 Å². The fourth-order valence-electron chi connectivity index (χ4n) is 1.98. The van der Waals surface area contributed by atoms with E-state index < -0.39 is 0 Å². The molecule has 90 valence electrons. The Morgan fingerprint density at radius 2 is 2.41 bits per heavy atom. The smallest absolute Gasteiger partial charge is 0.274 e. The van der Waals surface area contributed by atoms with Crippen LogP contribution in [0.15, 0.2) is 16.8 Å². The van der Waals surface area contributed by atoms with Crippen molar-refractivity contribution in [3.63, 3.8) is 0 Å². The van der Waals surface area contributed by atoms with Crippen LogP contribution >= 0.6 is 11.6 Å². The van der Waals surface area contributed by atoms with Gasteiger partial charge >= 0.3 is 0 Å². The number of nitrogens with zero attached hydrogens (tertiary/aromatic N) is 3. The molecule has 0 unspecified atom stereocenters. The monoisotopic (exact) mass is 253 g/mol. The predicted octanol–water partition coefficient (Wildman–Crippen LogP) is 2.23. The zero-order valence-electron chi connectivity index (χ0n) is 9.39. The van der Waals surface area contributed by atoms with Crippen LogP contribution in [0.5, 0.6) is 0 Å². The molecule has 0 aliphatic carbocycles. The van der Waals surface area contributed by atoms with Crippen molar-refractivity contribution in [1.82, 2.24) is 14.7 Å². The summed E-state index contributed by atoms with van der Waals surface area (Å²) in [4.78, 5) is 4.40. The summed E-state index contributed by atoms with van der Waals surface area (Å²) in [6.45, 7) is 1.44. The number of hydrogen-bond donors (Lipinski definition) is 0. The van der Waals surface area contributed by atoms with E-state index in [0.717, 1.165) is 24.5 Å². The van der Waals surface area contributed by atoms with Crippen LogP contribution in [0.3, 0.4) is 0 Å². The lowest BCUT2D eigenvalue weighted by Crippen LogP contribution is -1.99. The summed E-state index contributed by atoms with van der Waals surface area (Å²) in [5.74, 6) is 1.47. The van der Waals surface area contributed by atoms with Crippen LogP contribution in [0.25, 0.3) is 11.6 Å². The zero-order valence-corrected chi connectivity index (χ0v) is 10.1. The lowest BCUT2D eigenvalue weighted by atomic mass is 10.1. The molecule has 3 rings (SSSR count). The van der Waals surface area contributed by atoms with Gasteiger partial charge < -0.3 is 13.8 Å². The van der Waals surface area contributed by atoms with Crippen molar-refractivity contribution < 1.29 is 9.26 Å². The Bertz CT molecular complexity index is 529. The third-order valence-corrected chi connectivity index (χ3v) is 3.13. The zero-order chi connectivity index (χ0) is 11.8. The number of rotatable bonds is 2. The Morgan fingerprint density at radius 1 is 1.53 bits per heavy atom. The Balaban J connectivity index is 1.91. The molecule has 0 N–H and O–H groups in total. The van der Waals surface area contributed by atoms with Crippen LogP contribution in [0.2, 0.25) is 5.02 Å². The number of aryl methyl sites for hydroxylation is 1. The van der Waals surface area contributed by atoms with Crippen molar-refractivity contribution in [2.24, 2.45) is 7.05 Å². The maximum Gasteiger partial charge on any atom is 0.274 e. The van der Waals surface area contributed by atoms with Gasteiger partial charge in [0.2, 0.25) is 0 Å². The molecule has 1 fully saturated rings. The largest absolute Gasteiger partial charge is 0.381 e. The molecule has 1 aliphatic rings. The van der Waals surface area contributed by atoms with Gasteiger partial charge in [0.15, 0.2) is 5.82 Å². The van der Waals surface area contributed by atoms with Gasteiger partial charge in [0.25, 0.3) is 5.89 Å². The second kappa shape index (κ2) is 4.16. The average molecular weight is 254 g/mol. The molecule has 0 amide bonds. The molecular weight excluding hydrogens is 242 g/mol. The molecule has 3 heterocycles. The highest BCUT2D eigenvalue weighted by Gasteiger charge is 2.24. The lowest BCUT2D eigenvalue weighted by Gasteiger charge is -1.98. The van der Waals surface area contributed by atoms with E-state index in [4.69, 9.17) is 20.9 Å². The number of aromatic nitrogens is 3. The second-order valence-corrected chi connectivity index (χ2v) is 4.61. The molecule has 17 heavy (non-hydrogen) atoms. The van der Waals surface area contributed by atoms with Gasteiger partial charge in [0.05, 0.1) is 11.6 Å². The summed E-state index contributed by atoms with van der Waals surface area (Å²) in [6, 6.07) is 1.81. The first kappa shape index (κ1) is 10.8. The standard InChI is InChI=1S/C11H12ClN3O2/c1-15-5-8(12)4-9(15)11-13-10(14-17-11)7-2-3-16-6-7/h4-5,7H,2-3,6H2,1H3/t7-/m1/s1. The van der Waals surface area contributed by atoms with Crippen molar-refractivity contribution in [2.45, 2.75) is 12.3 Å². The Hall–Kier alpha value is -1.33. The highest BCUT2D eigenvalue weighted by atomic mass is 35.5. The van der Waals surface area contributed by atoms with E-state index in [1.54, 1.807) is 6.20 Å². The van der Waals surface area contributed by atoms with E-state index in [0.29, 0.717) is 17.5 Å². The Morgan fingerprint density at radius 3 is 3.06 bits per heavy atom. The van der Waals surface area contributed by atoms with Crippen LogP contribution in [-0.4, -0.2) is 27.9 Å². The summed E-state index contributed by atoms with van der Waals surface area (Å²) in [6.07, 6.45) is 2.76. The van der Waals surface area contributed by atoms with E-state index in [2.05, 4.69) is 10.1 Å². The molecular formula is C11H12ClN3O2. The van der Waals surface area contributed by atoms with Crippen LogP contribution < -0.4 is 0 Å². The second-order valence-electron chi connectivity index (χ2n) is 4.17. The van der Waals surface area contributed by atoms with Crippen molar-refractivity contribution in [1.29, 1.82) is 0 Å². The first-order valence-corrected chi connectivity index (χ1v) is 5.85. The minimum Gasteiger partial charge on any atom is -0.381 e. The first-order chi connectivity index (χ1) is 8.24. The SMILES string of the molecule is Cn1cc(Cl)cc1-c1nc([C@@H]2CCOC2)no1. The quantitative estimate of drug-likeness (QED) is 0.824. The fourth-order valence-corrected chi connectivity index (χ4v) is 2.23. The van der Waals surface area contributed by atoms with Gasteiger partial charge in [-0.05, 0) is 12.5 Å². The van der Waals surface area contributed by atoms with Gasteiger partial charge in [-0.15, -0.1) is 0 Å². The lowest BCUT2D eigenvalue weighted by molar-refractivity contribution is 0.192. The fraction of sp³-hybridized carbons (Fsp3) is 0.455. The summed E-state index contributed by atoms with van der Waals surface area (Å²) in [7, 11) is 1.89. The minimum atomic E-state index is 0.253. The molecule has 2 aromatic rings. The molecule has 0 aromatic carbocycles. The van der Waals surface area contributed by atoms with E-state index in [-0.39, 0.29) is 5.92 Å². The molecule has 6 heteroatoms. The van der Waals surface area contributed by atoms with Crippen LogP contribution in [0.1, 0.15) is 18.2 Å². The molecule has 1 atom stereocenters. The summed E-state index contributed by atoms with van der Waals surface area (Å²) in [5, 5.41) is 4.66. The third-order valence-electron chi connectivity index (χ3n) is 2.93. The van der Waals surface area contributed by atoms with Crippen molar-refractivity contribution in [3.05, 3.63) is 23.1 Å². The highest BCUT2D eigenvalue weighted by Crippen LogP contribution is 2.27. The van der Waals surface area contributed by atoms with E-state index in [9.17, 15) is 0 Å². The van der Waals surface area contributed by atoms with Gasteiger partial charge in [-0.1, -0.05) is 16.8 Å². The topological polar surface area (TPSA) is 53.1 Å². The predicted molar refractivity (Wildman–Crippen MR) is 61.9 cm³/mol. The average Bonchev–Trinajstić information content (AvgIpc) is 2.97. The highest BCUT2D eigenvalue weighted by molar-refractivity contribution is 6.30. The van der Waals surface area contributed by atoms with Gasteiger partial charge in [-0.2, -0.15) is 4.98 Å². The van der Waals surface area contributed by atoms with E-state index in [1.165, 1.54) is 0 Å². The van der Waals surface area contributed by atoms with Crippen molar-refractivity contribution >= 4 is 11.6 Å². The number of ether oxygens (including phenoxy) is 1. The van der Waals surface area contributed by atoms with Gasteiger partial charge in [0, 0.05) is 25.8 Å². The van der Waals surface area contributed by atoms with Crippen LogP contribution in [0, 0.1) is 0 Å².